The summed E-state index contributed by atoms with van der Waals surface area (Å²) in [5.41, 5.74) is 1.18. The summed E-state index contributed by atoms with van der Waals surface area (Å²) in [4.78, 5) is 19.8. The van der Waals surface area contributed by atoms with Gasteiger partial charge in [-0.05, 0) is 42.6 Å². The molecule has 0 spiro atoms. The average Bonchev–Trinajstić information content (AvgIpc) is 3.29. The number of hydrogen-bond acceptors (Lipinski definition) is 5. The Morgan fingerprint density at radius 3 is 2.70 bits per heavy atom. The van der Waals surface area contributed by atoms with Gasteiger partial charge in [0, 0.05) is 30.0 Å². The van der Waals surface area contributed by atoms with E-state index in [-0.39, 0.29) is 5.91 Å². The number of benzene rings is 1. The highest BCUT2D eigenvalue weighted by Gasteiger charge is 2.27. The molecule has 0 radical (unpaired) electrons. The molecule has 4 nitrogen and oxygen atoms in total. The molecule has 2 aromatic heterocycles. The Kier molecular flexibility index (Phi) is 5.45. The van der Waals surface area contributed by atoms with Gasteiger partial charge in [0.15, 0.2) is 5.15 Å². The predicted molar refractivity (Wildman–Crippen MR) is 108 cm³/mol. The van der Waals surface area contributed by atoms with E-state index in [1.165, 1.54) is 23.7 Å². The Balaban J connectivity index is 1.42. The van der Waals surface area contributed by atoms with E-state index in [9.17, 15) is 9.18 Å². The molecule has 1 aliphatic rings. The van der Waals surface area contributed by atoms with Crippen molar-refractivity contribution in [2.24, 2.45) is 0 Å². The third-order valence-corrected chi connectivity index (χ3v) is 7.38. The number of aromatic nitrogens is 2. The van der Waals surface area contributed by atoms with Gasteiger partial charge in [-0.15, -0.1) is 11.3 Å². The maximum Gasteiger partial charge on any atom is 0.253 e. The van der Waals surface area contributed by atoms with E-state index >= 15 is 0 Å². The van der Waals surface area contributed by atoms with Crippen molar-refractivity contribution in [2.45, 2.75) is 18.8 Å². The van der Waals surface area contributed by atoms with Gasteiger partial charge in [0.05, 0.1) is 20.6 Å². The average molecular weight is 442 g/mol. The number of hydrogen-bond donors (Lipinski definition) is 0. The molecule has 4 rings (SSSR count). The number of piperidine rings is 1. The molecule has 0 bridgehead atoms. The molecule has 27 heavy (non-hydrogen) atoms. The second-order valence-corrected chi connectivity index (χ2v) is 8.66. The fourth-order valence-corrected chi connectivity index (χ4v) is 5.37. The summed E-state index contributed by atoms with van der Waals surface area (Å²) in [6.45, 7) is 1.25. The minimum Gasteiger partial charge on any atom is -0.339 e. The third kappa shape index (κ3) is 3.87. The Morgan fingerprint density at radius 2 is 2.04 bits per heavy atom. The van der Waals surface area contributed by atoms with Crippen LogP contribution in [0.2, 0.25) is 10.2 Å². The summed E-state index contributed by atoms with van der Waals surface area (Å²) in [6, 6.07) is 5.83. The van der Waals surface area contributed by atoms with Gasteiger partial charge >= 0.3 is 0 Å². The zero-order chi connectivity index (χ0) is 19.0. The maximum absolute atomic E-state index is 13.4. The van der Waals surface area contributed by atoms with Gasteiger partial charge in [-0.2, -0.15) is 4.37 Å². The first kappa shape index (κ1) is 18.8. The lowest BCUT2D eigenvalue weighted by Crippen LogP contribution is -2.37. The molecule has 0 aliphatic carbocycles. The molecule has 9 heteroatoms. The quantitative estimate of drug-likeness (QED) is 0.520. The van der Waals surface area contributed by atoms with Crippen LogP contribution in [-0.4, -0.2) is 33.3 Å². The highest BCUT2D eigenvalue weighted by Crippen LogP contribution is 2.39. The number of likely N-dealkylation sites (tertiary alicyclic amines) is 1. The van der Waals surface area contributed by atoms with E-state index in [2.05, 4.69) is 4.37 Å². The normalized spacial score (nSPS) is 15.3. The third-order valence-electron chi connectivity index (χ3n) is 4.56. The maximum atomic E-state index is 13.4. The number of halogens is 3. The fourth-order valence-electron chi connectivity index (χ4n) is 3.13. The molecule has 0 atom stereocenters. The first-order valence-electron chi connectivity index (χ1n) is 8.34. The largest absolute Gasteiger partial charge is 0.339 e. The molecule has 1 saturated heterocycles. The highest BCUT2D eigenvalue weighted by molar-refractivity contribution is 7.12. The van der Waals surface area contributed by atoms with Gasteiger partial charge in [-0.3, -0.25) is 4.79 Å². The lowest BCUT2D eigenvalue weighted by atomic mass is 9.97. The van der Waals surface area contributed by atoms with Crippen molar-refractivity contribution in [2.75, 3.05) is 13.1 Å². The lowest BCUT2D eigenvalue weighted by Gasteiger charge is -2.31. The molecule has 1 amide bonds. The second kappa shape index (κ2) is 7.83. The number of amides is 1. The lowest BCUT2D eigenvalue weighted by molar-refractivity contribution is 0.0712. The first-order chi connectivity index (χ1) is 13.0. The highest BCUT2D eigenvalue weighted by atomic mass is 35.5. The Labute approximate surface area is 173 Å². The van der Waals surface area contributed by atoms with Crippen molar-refractivity contribution in [3.05, 3.63) is 56.2 Å². The monoisotopic (exact) mass is 441 g/mol. The number of rotatable bonds is 3. The SMILES string of the molecule is O=C(c1cccc(F)c1)N1CCC(c2nc(-c3snc(Cl)c3Cl)cs2)CC1. The minimum atomic E-state index is -0.395. The molecule has 1 aliphatic heterocycles. The fraction of sp³-hybridized carbons (Fsp3) is 0.278. The zero-order valence-electron chi connectivity index (χ0n) is 14.0. The summed E-state index contributed by atoms with van der Waals surface area (Å²) in [5, 5.41) is 3.74. The minimum absolute atomic E-state index is 0.126. The van der Waals surface area contributed by atoms with Crippen LogP contribution in [0.5, 0.6) is 0 Å². The smallest absolute Gasteiger partial charge is 0.253 e. The predicted octanol–water partition coefficient (Wildman–Crippen LogP) is 5.73. The summed E-state index contributed by atoms with van der Waals surface area (Å²) in [6.07, 6.45) is 1.65. The van der Waals surface area contributed by atoms with Crippen LogP contribution in [0.4, 0.5) is 4.39 Å². The van der Waals surface area contributed by atoms with E-state index in [1.807, 2.05) is 5.38 Å². The number of thiazole rings is 1. The van der Waals surface area contributed by atoms with Crippen LogP contribution in [0.25, 0.3) is 10.6 Å². The van der Waals surface area contributed by atoms with Crippen LogP contribution >= 0.6 is 46.1 Å². The van der Waals surface area contributed by atoms with Crippen LogP contribution in [0.3, 0.4) is 0 Å². The van der Waals surface area contributed by atoms with Gasteiger partial charge in [0.2, 0.25) is 0 Å². The summed E-state index contributed by atoms with van der Waals surface area (Å²) < 4.78 is 17.4. The van der Waals surface area contributed by atoms with Crippen LogP contribution in [0.15, 0.2) is 29.6 Å². The zero-order valence-corrected chi connectivity index (χ0v) is 17.1. The molecule has 1 aromatic carbocycles. The van der Waals surface area contributed by atoms with E-state index in [0.29, 0.717) is 34.7 Å². The molecule has 140 valence electrons. The molecule has 0 saturated carbocycles. The van der Waals surface area contributed by atoms with Crippen molar-refractivity contribution in [1.29, 1.82) is 0 Å². The summed E-state index contributed by atoms with van der Waals surface area (Å²) in [5.74, 6) is -0.228. The number of carbonyl (C=O) groups excluding carboxylic acids is 1. The van der Waals surface area contributed by atoms with Gasteiger partial charge in [0.1, 0.15) is 5.82 Å². The number of carbonyl (C=O) groups is 1. The van der Waals surface area contributed by atoms with Gasteiger partial charge in [-0.25, -0.2) is 9.37 Å². The van der Waals surface area contributed by atoms with Crippen molar-refractivity contribution < 1.29 is 9.18 Å². The second-order valence-electron chi connectivity index (χ2n) is 6.26. The number of nitrogens with zero attached hydrogens (tertiary/aromatic N) is 3. The first-order valence-corrected chi connectivity index (χ1v) is 10.7. The summed E-state index contributed by atoms with van der Waals surface area (Å²) >= 11 is 14.9. The van der Waals surface area contributed by atoms with Crippen LogP contribution < -0.4 is 0 Å². The molecule has 0 N–H and O–H groups in total. The molecule has 3 heterocycles. The molecule has 3 aromatic rings. The standard InChI is InChI=1S/C18H14Cl2FN3OS2/c19-14-15(27-23-16(14)20)13-9-26-17(22-13)10-4-6-24(7-5-10)18(25)11-2-1-3-12(21)8-11/h1-3,8-10H,4-7H2. The Bertz CT molecular complexity index is 983. The molecule has 0 unspecified atom stereocenters. The Morgan fingerprint density at radius 1 is 1.26 bits per heavy atom. The topological polar surface area (TPSA) is 46.1 Å². The van der Waals surface area contributed by atoms with Gasteiger partial charge in [-0.1, -0.05) is 29.3 Å². The van der Waals surface area contributed by atoms with Gasteiger partial charge < -0.3 is 4.90 Å². The van der Waals surface area contributed by atoms with Gasteiger partial charge in [0.25, 0.3) is 5.91 Å². The van der Waals surface area contributed by atoms with Crippen molar-refractivity contribution >= 4 is 52.0 Å². The Hall–Kier alpha value is -1.54. The molecule has 1 fully saturated rings. The molecular formula is C18H14Cl2FN3OS2. The summed E-state index contributed by atoms with van der Waals surface area (Å²) in [7, 11) is 0. The van der Waals surface area contributed by atoms with Crippen LogP contribution in [0, 0.1) is 5.82 Å². The van der Waals surface area contributed by atoms with E-state index in [0.717, 1.165) is 28.4 Å². The van der Waals surface area contributed by atoms with Crippen molar-refractivity contribution in [3.63, 3.8) is 0 Å². The van der Waals surface area contributed by atoms with Crippen LogP contribution in [0.1, 0.15) is 34.1 Å². The van der Waals surface area contributed by atoms with E-state index in [1.54, 1.807) is 28.4 Å². The van der Waals surface area contributed by atoms with E-state index in [4.69, 9.17) is 28.2 Å². The molecular weight excluding hydrogens is 428 g/mol. The van der Waals surface area contributed by atoms with Crippen molar-refractivity contribution in [1.82, 2.24) is 14.3 Å². The van der Waals surface area contributed by atoms with E-state index < -0.39 is 5.82 Å². The van der Waals surface area contributed by atoms with Crippen LogP contribution in [-0.2, 0) is 0 Å². The van der Waals surface area contributed by atoms with Crippen molar-refractivity contribution in [3.8, 4) is 10.6 Å².